The fourth-order valence-electron chi connectivity index (χ4n) is 3.75. The molecule has 1 saturated heterocycles. The van der Waals surface area contributed by atoms with Gasteiger partial charge in [0.15, 0.2) is 0 Å². The maximum Gasteiger partial charge on any atom is 0.236 e. The number of nitrogens with zero attached hydrogens (tertiary/aromatic N) is 2. The van der Waals surface area contributed by atoms with Crippen molar-refractivity contribution in [2.45, 2.75) is 25.8 Å². The van der Waals surface area contributed by atoms with Crippen molar-refractivity contribution in [3.8, 4) is 5.75 Å². The van der Waals surface area contributed by atoms with Crippen molar-refractivity contribution in [1.29, 1.82) is 0 Å². The Morgan fingerprint density at radius 1 is 1.14 bits per heavy atom. The second kappa shape index (κ2) is 9.69. The number of hydrogen-bond donors (Lipinski definition) is 0. The maximum absolute atomic E-state index is 13.3. The third kappa shape index (κ3) is 5.80. The van der Waals surface area contributed by atoms with Gasteiger partial charge in [-0.25, -0.2) is 4.39 Å². The van der Waals surface area contributed by atoms with Crippen molar-refractivity contribution in [3.63, 3.8) is 0 Å². The van der Waals surface area contributed by atoms with Crippen LogP contribution >= 0.6 is 0 Å². The smallest absolute Gasteiger partial charge is 0.236 e. The zero-order valence-corrected chi connectivity index (χ0v) is 16.7. The molecule has 5 heteroatoms. The van der Waals surface area contributed by atoms with Crippen LogP contribution < -0.4 is 4.74 Å². The molecule has 3 rings (SSSR count). The summed E-state index contributed by atoms with van der Waals surface area (Å²) >= 11 is 0. The van der Waals surface area contributed by atoms with Crippen LogP contribution in [0.2, 0.25) is 0 Å². The molecule has 1 fully saturated rings. The Labute approximate surface area is 166 Å². The van der Waals surface area contributed by atoms with Crippen LogP contribution in [0, 0.1) is 11.7 Å². The van der Waals surface area contributed by atoms with Crippen molar-refractivity contribution >= 4 is 5.91 Å². The van der Waals surface area contributed by atoms with E-state index < -0.39 is 0 Å². The van der Waals surface area contributed by atoms with E-state index in [0.29, 0.717) is 19.0 Å². The number of amides is 1. The van der Waals surface area contributed by atoms with Gasteiger partial charge in [0.05, 0.1) is 13.7 Å². The Hall–Kier alpha value is -2.40. The first-order chi connectivity index (χ1) is 13.5. The van der Waals surface area contributed by atoms with Crippen LogP contribution in [-0.4, -0.2) is 49.5 Å². The minimum absolute atomic E-state index is 0.138. The monoisotopic (exact) mass is 384 g/mol. The number of benzene rings is 2. The lowest BCUT2D eigenvalue weighted by molar-refractivity contribution is -0.132. The molecule has 0 spiro atoms. The van der Waals surface area contributed by atoms with Gasteiger partial charge < -0.3 is 9.64 Å². The summed E-state index contributed by atoms with van der Waals surface area (Å²) in [5.41, 5.74) is 2.15. The van der Waals surface area contributed by atoms with Crippen LogP contribution in [0.25, 0.3) is 0 Å². The Bertz CT molecular complexity index is 770. The van der Waals surface area contributed by atoms with Crippen LogP contribution in [0.5, 0.6) is 5.75 Å². The Morgan fingerprint density at radius 3 is 2.50 bits per heavy atom. The second-order valence-electron chi connectivity index (χ2n) is 7.65. The molecule has 0 bridgehead atoms. The number of halogens is 1. The van der Waals surface area contributed by atoms with Gasteiger partial charge in [0.1, 0.15) is 11.6 Å². The van der Waals surface area contributed by atoms with Crippen LogP contribution in [0.1, 0.15) is 24.0 Å². The molecule has 2 aromatic rings. The van der Waals surface area contributed by atoms with Gasteiger partial charge in [0.2, 0.25) is 5.91 Å². The molecule has 1 amide bonds. The predicted octanol–water partition coefficient (Wildman–Crippen LogP) is 3.75. The lowest BCUT2D eigenvalue weighted by Crippen LogP contribution is -2.42. The summed E-state index contributed by atoms with van der Waals surface area (Å²) in [6.07, 6.45) is 3.01. The second-order valence-corrected chi connectivity index (χ2v) is 7.65. The topological polar surface area (TPSA) is 32.8 Å². The molecule has 2 aromatic carbocycles. The number of methoxy groups -OCH3 is 1. The number of piperidine rings is 1. The van der Waals surface area contributed by atoms with Crippen molar-refractivity contribution in [3.05, 3.63) is 65.5 Å². The first kappa shape index (κ1) is 20.3. The number of rotatable bonds is 7. The number of carbonyl (C=O) groups excluding carboxylic acids is 1. The van der Waals surface area contributed by atoms with Crippen molar-refractivity contribution < 1.29 is 13.9 Å². The molecule has 28 heavy (non-hydrogen) atoms. The number of carbonyl (C=O) groups is 1. The zero-order valence-electron chi connectivity index (χ0n) is 16.7. The average molecular weight is 384 g/mol. The highest BCUT2D eigenvalue weighted by Crippen LogP contribution is 2.22. The van der Waals surface area contributed by atoms with Crippen LogP contribution in [0.4, 0.5) is 4.39 Å². The summed E-state index contributed by atoms with van der Waals surface area (Å²) in [5.74, 6) is 1.35. The van der Waals surface area contributed by atoms with Gasteiger partial charge in [-0.3, -0.25) is 9.69 Å². The maximum atomic E-state index is 13.3. The Kier molecular flexibility index (Phi) is 7.04. The number of likely N-dealkylation sites (N-methyl/N-ethyl adjacent to an activating group) is 1. The van der Waals surface area contributed by atoms with Gasteiger partial charge in [-0.05, 0) is 73.7 Å². The van der Waals surface area contributed by atoms with E-state index in [-0.39, 0.29) is 11.7 Å². The van der Waals surface area contributed by atoms with Gasteiger partial charge >= 0.3 is 0 Å². The van der Waals surface area contributed by atoms with Crippen LogP contribution in [-0.2, 0) is 17.8 Å². The summed E-state index contributed by atoms with van der Waals surface area (Å²) in [6, 6.07) is 14.7. The largest absolute Gasteiger partial charge is 0.497 e. The molecule has 150 valence electrons. The molecule has 0 N–H and O–H groups in total. The van der Waals surface area contributed by atoms with E-state index in [2.05, 4.69) is 4.90 Å². The first-order valence-electron chi connectivity index (χ1n) is 9.87. The minimum atomic E-state index is -0.166. The molecule has 1 heterocycles. The average Bonchev–Trinajstić information content (AvgIpc) is 2.70. The Balaban J connectivity index is 1.42. The molecule has 0 saturated carbocycles. The van der Waals surface area contributed by atoms with E-state index >= 15 is 0 Å². The molecular weight excluding hydrogens is 355 g/mol. The molecule has 4 nitrogen and oxygen atoms in total. The lowest BCUT2D eigenvalue weighted by Gasteiger charge is -2.32. The normalized spacial score (nSPS) is 15.4. The summed E-state index contributed by atoms with van der Waals surface area (Å²) in [6.45, 7) is 2.89. The summed E-state index contributed by atoms with van der Waals surface area (Å²) in [5, 5.41) is 0. The molecule has 1 aliphatic rings. The molecular formula is C23H29FN2O2. The van der Waals surface area contributed by atoms with Crippen molar-refractivity contribution in [2.75, 3.05) is 33.8 Å². The van der Waals surface area contributed by atoms with Crippen LogP contribution in [0.15, 0.2) is 48.5 Å². The van der Waals surface area contributed by atoms with E-state index in [1.165, 1.54) is 6.07 Å². The van der Waals surface area contributed by atoms with E-state index in [9.17, 15) is 9.18 Å². The van der Waals surface area contributed by atoms with E-state index in [1.807, 2.05) is 37.4 Å². The van der Waals surface area contributed by atoms with Crippen molar-refractivity contribution in [2.24, 2.45) is 5.92 Å². The van der Waals surface area contributed by atoms with Gasteiger partial charge in [-0.2, -0.15) is 0 Å². The highest BCUT2D eigenvalue weighted by Gasteiger charge is 2.22. The van der Waals surface area contributed by atoms with Crippen molar-refractivity contribution in [1.82, 2.24) is 9.80 Å². The fourth-order valence-corrected chi connectivity index (χ4v) is 3.75. The quantitative estimate of drug-likeness (QED) is 0.729. The minimum Gasteiger partial charge on any atom is -0.497 e. The third-order valence-corrected chi connectivity index (χ3v) is 5.48. The predicted molar refractivity (Wildman–Crippen MR) is 109 cm³/mol. The zero-order chi connectivity index (χ0) is 19.9. The molecule has 1 aliphatic heterocycles. The summed E-state index contributed by atoms with van der Waals surface area (Å²) < 4.78 is 18.5. The molecule has 0 aromatic heterocycles. The van der Waals surface area contributed by atoms with Gasteiger partial charge in [-0.15, -0.1) is 0 Å². The molecule has 0 unspecified atom stereocenters. The highest BCUT2D eigenvalue weighted by atomic mass is 19.1. The SMILES string of the molecule is COc1ccc(CN(C)C(=O)CN2CCC(Cc3cccc(F)c3)CC2)cc1. The summed E-state index contributed by atoms with van der Waals surface area (Å²) in [7, 11) is 3.50. The molecule has 0 radical (unpaired) electrons. The van der Waals surface area contributed by atoms with Gasteiger partial charge in [0, 0.05) is 13.6 Å². The van der Waals surface area contributed by atoms with E-state index in [4.69, 9.17) is 4.74 Å². The Morgan fingerprint density at radius 2 is 1.86 bits per heavy atom. The fraction of sp³-hybridized carbons (Fsp3) is 0.435. The van der Waals surface area contributed by atoms with Gasteiger partial charge in [-0.1, -0.05) is 24.3 Å². The highest BCUT2D eigenvalue weighted by molar-refractivity contribution is 5.78. The lowest BCUT2D eigenvalue weighted by atomic mass is 9.90. The number of ether oxygens (including phenoxy) is 1. The van der Waals surface area contributed by atoms with E-state index in [0.717, 1.165) is 49.2 Å². The van der Waals surface area contributed by atoms with E-state index in [1.54, 1.807) is 24.1 Å². The molecule has 0 atom stereocenters. The van der Waals surface area contributed by atoms with Crippen LogP contribution in [0.3, 0.4) is 0 Å². The first-order valence-corrected chi connectivity index (χ1v) is 9.87. The van der Waals surface area contributed by atoms with Gasteiger partial charge in [0.25, 0.3) is 0 Å². The third-order valence-electron chi connectivity index (χ3n) is 5.48. The molecule has 0 aliphatic carbocycles. The summed E-state index contributed by atoms with van der Waals surface area (Å²) in [4.78, 5) is 16.6. The number of hydrogen-bond acceptors (Lipinski definition) is 3. The standard InChI is InChI=1S/C23H29FN2O2/c1-25(16-19-6-8-22(28-2)9-7-19)23(27)17-26-12-10-18(11-13-26)14-20-4-3-5-21(24)15-20/h3-9,15,18H,10-14,16-17H2,1-2H3. The number of likely N-dealkylation sites (tertiary alicyclic amines) is 1.